The molecule has 2 unspecified atom stereocenters. The molecule has 174 valence electrons. The van der Waals surface area contributed by atoms with Crippen molar-refractivity contribution < 1.29 is 19.4 Å². The van der Waals surface area contributed by atoms with Crippen LogP contribution in [-0.4, -0.2) is 29.0 Å². The largest absolute Gasteiger partial charge is 0.504 e. The summed E-state index contributed by atoms with van der Waals surface area (Å²) in [6, 6.07) is 14.7. The molecule has 32 heavy (non-hydrogen) atoms. The number of hydrogen-bond acceptors (Lipinski definition) is 4. The lowest BCUT2D eigenvalue weighted by molar-refractivity contribution is -0.129. The van der Waals surface area contributed by atoms with Gasteiger partial charge in [0.2, 0.25) is 11.8 Å². The molecular formula is C26H36N2O4. The quantitative estimate of drug-likeness (QED) is 0.458. The Hall–Kier alpha value is -3.02. The average Bonchev–Trinajstić information content (AvgIpc) is 2.80. The molecule has 0 aromatic heterocycles. The maximum atomic E-state index is 12.8. The van der Waals surface area contributed by atoms with Crippen LogP contribution in [0.4, 0.5) is 0 Å². The third kappa shape index (κ3) is 7.59. The summed E-state index contributed by atoms with van der Waals surface area (Å²) < 4.78 is 5.81. The minimum atomic E-state index is -0.547. The van der Waals surface area contributed by atoms with E-state index in [1.165, 1.54) is 6.92 Å². The number of rotatable bonds is 12. The number of nitrogens with one attached hydrogen (secondary N) is 2. The summed E-state index contributed by atoms with van der Waals surface area (Å²) in [5, 5.41) is 16.5. The number of aromatic hydroxyl groups is 1. The standard InChI is InChI=1S/C26H36N2O4/c1-5-18(3)24(27-19(4)29)26(31)28-22(6-2)16-15-21-13-10-14-23(25(21)30)32-17-20-11-8-7-9-12-20/h7-14,18,22,24,30H,5-6,15-17H2,1-4H3,(H,27,29)(H,28,31)/t18?,22?,24-/m0/s1. The van der Waals surface area contributed by atoms with E-state index in [-0.39, 0.29) is 29.5 Å². The number of ether oxygens (including phenoxy) is 1. The molecule has 2 amide bonds. The number of phenols is 1. The number of amides is 2. The maximum Gasteiger partial charge on any atom is 0.243 e. The van der Waals surface area contributed by atoms with Crippen LogP contribution in [-0.2, 0) is 22.6 Å². The average molecular weight is 441 g/mol. The molecule has 0 aliphatic rings. The van der Waals surface area contributed by atoms with E-state index >= 15 is 0 Å². The van der Waals surface area contributed by atoms with Gasteiger partial charge in [-0.15, -0.1) is 0 Å². The number of para-hydroxylation sites is 1. The molecular weight excluding hydrogens is 404 g/mol. The first kappa shape index (κ1) is 25.2. The van der Waals surface area contributed by atoms with E-state index in [1.807, 2.05) is 63.2 Å². The Balaban J connectivity index is 1.98. The van der Waals surface area contributed by atoms with Crippen molar-refractivity contribution in [3.8, 4) is 11.5 Å². The van der Waals surface area contributed by atoms with Crippen molar-refractivity contribution in [2.24, 2.45) is 5.92 Å². The summed E-state index contributed by atoms with van der Waals surface area (Å²) in [6.07, 6.45) is 2.81. The van der Waals surface area contributed by atoms with E-state index in [2.05, 4.69) is 10.6 Å². The monoisotopic (exact) mass is 440 g/mol. The Kier molecular flexibility index (Phi) is 10.1. The van der Waals surface area contributed by atoms with Crippen LogP contribution in [0.1, 0.15) is 58.1 Å². The van der Waals surface area contributed by atoms with Gasteiger partial charge in [-0.05, 0) is 42.4 Å². The van der Waals surface area contributed by atoms with Crippen LogP contribution >= 0.6 is 0 Å². The summed E-state index contributed by atoms with van der Waals surface area (Å²) >= 11 is 0. The summed E-state index contributed by atoms with van der Waals surface area (Å²) in [5.41, 5.74) is 1.81. The van der Waals surface area contributed by atoms with Crippen LogP contribution in [0.25, 0.3) is 0 Å². The molecule has 3 atom stereocenters. The topological polar surface area (TPSA) is 87.7 Å². The van der Waals surface area contributed by atoms with Crippen LogP contribution in [0.3, 0.4) is 0 Å². The molecule has 0 radical (unpaired) electrons. The van der Waals surface area contributed by atoms with Crippen molar-refractivity contribution in [3.63, 3.8) is 0 Å². The third-order valence-electron chi connectivity index (χ3n) is 5.78. The van der Waals surface area contributed by atoms with Gasteiger partial charge in [0, 0.05) is 13.0 Å². The van der Waals surface area contributed by atoms with Gasteiger partial charge >= 0.3 is 0 Å². The highest BCUT2D eigenvalue weighted by molar-refractivity contribution is 5.87. The van der Waals surface area contributed by atoms with Crippen molar-refractivity contribution in [3.05, 3.63) is 59.7 Å². The van der Waals surface area contributed by atoms with Crippen molar-refractivity contribution in [2.45, 2.75) is 72.1 Å². The second kappa shape index (κ2) is 12.7. The lowest BCUT2D eigenvalue weighted by Crippen LogP contribution is -2.52. The van der Waals surface area contributed by atoms with Crippen LogP contribution in [0.5, 0.6) is 11.5 Å². The van der Waals surface area contributed by atoms with Gasteiger partial charge in [0.15, 0.2) is 11.5 Å². The molecule has 3 N–H and O–H groups in total. The highest BCUT2D eigenvalue weighted by Crippen LogP contribution is 2.31. The molecule has 6 nitrogen and oxygen atoms in total. The van der Waals surface area contributed by atoms with Gasteiger partial charge < -0.3 is 20.5 Å². The van der Waals surface area contributed by atoms with Crippen molar-refractivity contribution in [2.75, 3.05) is 0 Å². The second-order valence-electron chi connectivity index (χ2n) is 8.25. The van der Waals surface area contributed by atoms with E-state index in [4.69, 9.17) is 4.74 Å². The zero-order valence-corrected chi connectivity index (χ0v) is 19.6. The van der Waals surface area contributed by atoms with Gasteiger partial charge in [0.1, 0.15) is 12.6 Å². The molecule has 2 aromatic rings. The number of aryl methyl sites for hydroxylation is 1. The summed E-state index contributed by atoms with van der Waals surface area (Å²) in [5.74, 6) is 0.256. The Morgan fingerprint density at radius 3 is 2.34 bits per heavy atom. The van der Waals surface area contributed by atoms with Gasteiger partial charge in [-0.3, -0.25) is 9.59 Å². The SMILES string of the molecule is CCC(CCc1cccc(OCc2ccccc2)c1O)NC(=O)[C@@H](NC(C)=O)C(C)CC. The lowest BCUT2D eigenvalue weighted by atomic mass is 9.97. The fourth-order valence-electron chi connectivity index (χ4n) is 3.54. The Labute approximate surface area is 191 Å². The van der Waals surface area contributed by atoms with Gasteiger partial charge in [0.05, 0.1) is 0 Å². The molecule has 0 saturated carbocycles. The molecule has 0 bridgehead atoms. The van der Waals surface area contributed by atoms with E-state index in [0.29, 0.717) is 25.2 Å². The molecule has 2 aromatic carbocycles. The highest BCUT2D eigenvalue weighted by Gasteiger charge is 2.26. The summed E-state index contributed by atoms with van der Waals surface area (Å²) in [4.78, 5) is 24.3. The van der Waals surface area contributed by atoms with E-state index in [1.54, 1.807) is 6.07 Å². The number of carbonyl (C=O) groups is 2. The van der Waals surface area contributed by atoms with Crippen molar-refractivity contribution >= 4 is 11.8 Å². The van der Waals surface area contributed by atoms with E-state index in [9.17, 15) is 14.7 Å². The molecule has 0 heterocycles. The van der Waals surface area contributed by atoms with Crippen molar-refractivity contribution in [1.82, 2.24) is 10.6 Å². The van der Waals surface area contributed by atoms with E-state index < -0.39 is 6.04 Å². The first-order valence-electron chi connectivity index (χ1n) is 11.4. The van der Waals surface area contributed by atoms with Crippen LogP contribution < -0.4 is 15.4 Å². The predicted molar refractivity (Wildman–Crippen MR) is 126 cm³/mol. The minimum absolute atomic E-state index is 0.0406. The Morgan fingerprint density at radius 1 is 1.00 bits per heavy atom. The zero-order chi connectivity index (χ0) is 23.5. The number of carbonyl (C=O) groups excluding carboxylic acids is 2. The maximum absolute atomic E-state index is 12.8. The van der Waals surface area contributed by atoms with Gasteiger partial charge in [0.25, 0.3) is 0 Å². The van der Waals surface area contributed by atoms with E-state index in [0.717, 1.165) is 24.0 Å². The fraction of sp³-hybridized carbons (Fsp3) is 0.462. The summed E-state index contributed by atoms with van der Waals surface area (Å²) in [7, 11) is 0. The molecule has 2 rings (SSSR count). The number of hydrogen-bond donors (Lipinski definition) is 3. The predicted octanol–water partition coefficient (Wildman–Crippen LogP) is 4.35. The van der Waals surface area contributed by atoms with Gasteiger partial charge in [-0.2, -0.15) is 0 Å². The number of phenolic OH excluding ortho intramolecular Hbond substituents is 1. The molecule has 0 saturated heterocycles. The van der Waals surface area contributed by atoms with Crippen LogP contribution in [0.2, 0.25) is 0 Å². The van der Waals surface area contributed by atoms with Gasteiger partial charge in [-0.1, -0.05) is 69.7 Å². The smallest absolute Gasteiger partial charge is 0.243 e. The van der Waals surface area contributed by atoms with Crippen LogP contribution in [0.15, 0.2) is 48.5 Å². The second-order valence-corrected chi connectivity index (χ2v) is 8.25. The molecule has 0 fully saturated rings. The first-order chi connectivity index (χ1) is 15.3. The number of benzene rings is 2. The zero-order valence-electron chi connectivity index (χ0n) is 19.6. The molecule has 0 aliphatic heterocycles. The molecule has 6 heteroatoms. The van der Waals surface area contributed by atoms with Crippen LogP contribution in [0, 0.1) is 5.92 Å². The third-order valence-corrected chi connectivity index (χ3v) is 5.78. The van der Waals surface area contributed by atoms with Gasteiger partial charge in [-0.25, -0.2) is 0 Å². The fourth-order valence-corrected chi connectivity index (χ4v) is 3.54. The highest BCUT2D eigenvalue weighted by atomic mass is 16.5. The molecule has 0 spiro atoms. The summed E-state index contributed by atoms with van der Waals surface area (Å²) in [6.45, 7) is 7.78. The minimum Gasteiger partial charge on any atom is -0.504 e. The lowest BCUT2D eigenvalue weighted by Gasteiger charge is -2.26. The normalized spacial score (nSPS) is 13.6. The Bertz CT molecular complexity index is 869. The first-order valence-corrected chi connectivity index (χ1v) is 11.4. The van der Waals surface area contributed by atoms with Crippen molar-refractivity contribution in [1.29, 1.82) is 0 Å². The molecule has 0 aliphatic carbocycles. The Morgan fingerprint density at radius 2 is 1.72 bits per heavy atom.